The summed E-state index contributed by atoms with van der Waals surface area (Å²) in [6, 6.07) is 6.67. The van der Waals surface area contributed by atoms with Gasteiger partial charge in [-0.15, -0.1) is 0 Å². The van der Waals surface area contributed by atoms with Crippen molar-refractivity contribution in [3.8, 4) is 0 Å². The van der Waals surface area contributed by atoms with E-state index in [2.05, 4.69) is 25.8 Å². The maximum atomic E-state index is 13.5. The van der Waals surface area contributed by atoms with E-state index in [1.807, 2.05) is 6.07 Å². The molecule has 0 unspecified atom stereocenters. The van der Waals surface area contributed by atoms with Gasteiger partial charge in [0.25, 0.3) is 0 Å². The van der Waals surface area contributed by atoms with Crippen LogP contribution in [-0.2, 0) is 13.0 Å². The van der Waals surface area contributed by atoms with Gasteiger partial charge in [-0.1, -0.05) is 23.4 Å². The number of aromatic nitrogens is 2. The van der Waals surface area contributed by atoms with Gasteiger partial charge in [0.05, 0.1) is 0 Å². The van der Waals surface area contributed by atoms with Crippen LogP contribution in [0.2, 0.25) is 0 Å². The van der Waals surface area contributed by atoms with Gasteiger partial charge in [0.2, 0.25) is 5.89 Å². The number of guanidine groups is 1. The predicted molar refractivity (Wildman–Crippen MR) is 82.0 cm³/mol. The summed E-state index contributed by atoms with van der Waals surface area (Å²) in [6.45, 7) is 2.88. The molecule has 1 heterocycles. The maximum Gasteiger partial charge on any atom is 0.226 e. The molecule has 7 heteroatoms. The Morgan fingerprint density at radius 1 is 1.32 bits per heavy atom. The highest BCUT2D eigenvalue weighted by Crippen LogP contribution is 2.05. The van der Waals surface area contributed by atoms with E-state index in [1.54, 1.807) is 26.1 Å². The molecule has 0 aliphatic carbocycles. The van der Waals surface area contributed by atoms with Gasteiger partial charge in [0.15, 0.2) is 11.8 Å². The van der Waals surface area contributed by atoms with Gasteiger partial charge in [0.1, 0.15) is 5.82 Å². The van der Waals surface area contributed by atoms with E-state index in [0.29, 0.717) is 42.7 Å². The molecule has 1 aromatic carbocycles. The van der Waals surface area contributed by atoms with Crippen molar-refractivity contribution >= 4 is 5.96 Å². The first-order valence-corrected chi connectivity index (χ1v) is 7.16. The summed E-state index contributed by atoms with van der Waals surface area (Å²) >= 11 is 0. The second-order valence-corrected chi connectivity index (χ2v) is 4.78. The number of hydrogen-bond donors (Lipinski definition) is 2. The van der Waals surface area contributed by atoms with Crippen molar-refractivity contribution < 1.29 is 8.91 Å². The minimum atomic E-state index is -0.225. The molecule has 0 aliphatic rings. The lowest BCUT2D eigenvalue weighted by Gasteiger charge is -2.11. The van der Waals surface area contributed by atoms with Crippen LogP contribution < -0.4 is 10.6 Å². The standard InChI is InChI=1S/C15H20FN5O/c1-11-20-14(22-21-11)8-5-9-18-15(17-2)19-10-12-6-3-4-7-13(12)16/h3-4,6-7H,5,8-10H2,1-2H3,(H2,17,18,19). The Labute approximate surface area is 128 Å². The molecule has 0 aliphatic heterocycles. The van der Waals surface area contributed by atoms with Crippen LogP contribution >= 0.6 is 0 Å². The third-order valence-corrected chi connectivity index (χ3v) is 3.06. The van der Waals surface area contributed by atoms with Gasteiger partial charge < -0.3 is 15.2 Å². The third kappa shape index (κ3) is 4.83. The topological polar surface area (TPSA) is 75.3 Å². The number of aryl methyl sites for hydroxylation is 2. The summed E-state index contributed by atoms with van der Waals surface area (Å²) < 4.78 is 18.6. The smallest absolute Gasteiger partial charge is 0.226 e. The summed E-state index contributed by atoms with van der Waals surface area (Å²) in [4.78, 5) is 8.24. The van der Waals surface area contributed by atoms with Gasteiger partial charge in [-0.05, 0) is 19.4 Å². The average Bonchev–Trinajstić information content (AvgIpc) is 2.93. The highest BCUT2D eigenvalue weighted by Gasteiger charge is 2.04. The lowest BCUT2D eigenvalue weighted by molar-refractivity contribution is 0.372. The first-order chi connectivity index (χ1) is 10.7. The molecule has 0 saturated carbocycles. The quantitative estimate of drug-likeness (QED) is 0.484. The second kappa shape index (κ2) is 8.11. The van der Waals surface area contributed by atoms with Crippen molar-refractivity contribution in [3.63, 3.8) is 0 Å². The largest absolute Gasteiger partial charge is 0.356 e. The minimum absolute atomic E-state index is 0.225. The Morgan fingerprint density at radius 3 is 2.82 bits per heavy atom. The highest BCUT2D eigenvalue weighted by atomic mass is 19.1. The van der Waals surface area contributed by atoms with Crippen molar-refractivity contribution in [2.75, 3.05) is 13.6 Å². The van der Waals surface area contributed by atoms with E-state index in [9.17, 15) is 4.39 Å². The molecule has 2 rings (SSSR count). The van der Waals surface area contributed by atoms with Crippen molar-refractivity contribution in [2.24, 2.45) is 4.99 Å². The summed E-state index contributed by atoms with van der Waals surface area (Å²) in [5.41, 5.74) is 0.604. The Balaban J connectivity index is 1.70. The Morgan fingerprint density at radius 2 is 2.14 bits per heavy atom. The van der Waals surface area contributed by atoms with E-state index in [4.69, 9.17) is 4.52 Å². The third-order valence-electron chi connectivity index (χ3n) is 3.06. The fourth-order valence-corrected chi connectivity index (χ4v) is 1.93. The summed E-state index contributed by atoms with van der Waals surface area (Å²) in [6.07, 6.45) is 1.54. The molecule has 0 atom stereocenters. The summed E-state index contributed by atoms with van der Waals surface area (Å²) in [7, 11) is 1.68. The van der Waals surface area contributed by atoms with E-state index >= 15 is 0 Å². The number of rotatable bonds is 6. The van der Waals surface area contributed by atoms with Crippen molar-refractivity contribution in [1.82, 2.24) is 20.8 Å². The zero-order valence-corrected chi connectivity index (χ0v) is 12.8. The number of benzene rings is 1. The Kier molecular flexibility index (Phi) is 5.88. The molecule has 0 saturated heterocycles. The molecule has 0 radical (unpaired) electrons. The molecule has 0 spiro atoms. The van der Waals surface area contributed by atoms with Crippen LogP contribution in [0.3, 0.4) is 0 Å². The molecule has 6 nitrogen and oxygen atoms in total. The normalized spacial score (nSPS) is 11.5. The van der Waals surface area contributed by atoms with Gasteiger partial charge in [-0.3, -0.25) is 4.99 Å². The van der Waals surface area contributed by atoms with E-state index in [0.717, 1.165) is 6.42 Å². The average molecular weight is 305 g/mol. The zero-order valence-electron chi connectivity index (χ0n) is 12.8. The first kappa shape index (κ1) is 15.9. The molecule has 2 aromatic rings. The molecule has 118 valence electrons. The van der Waals surface area contributed by atoms with Gasteiger partial charge in [-0.25, -0.2) is 4.39 Å². The molecule has 22 heavy (non-hydrogen) atoms. The van der Waals surface area contributed by atoms with E-state index in [-0.39, 0.29) is 5.82 Å². The van der Waals surface area contributed by atoms with Crippen LogP contribution in [0.1, 0.15) is 23.7 Å². The van der Waals surface area contributed by atoms with Gasteiger partial charge in [0, 0.05) is 32.1 Å². The summed E-state index contributed by atoms with van der Waals surface area (Å²) in [5.74, 6) is 1.68. The van der Waals surface area contributed by atoms with Crippen molar-refractivity contribution in [3.05, 3.63) is 47.4 Å². The maximum absolute atomic E-state index is 13.5. The predicted octanol–water partition coefficient (Wildman–Crippen LogP) is 1.81. The van der Waals surface area contributed by atoms with Crippen LogP contribution in [0.15, 0.2) is 33.8 Å². The molecule has 1 aromatic heterocycles. The van der Waals surface area contributed by atoms with E-state index in [1.165, 1.54) is 6.07 Å². The fraction of sp³-hybridized carbons (Fsp3) is 0.400. The monoisotopic (exact) mass is 305 g/mol. The number of aliphatic imine (C=N–C) groups is 1. The van der Waals surface area contributed by atoms with Crippen molar-refractivity contribution in [1.29, 1.82) is 0 Å². The minimum Gasteiger partial charge on any atom is -0.356 e. The molecular formula is C15H20FN5O. The first-order valence-electron chi connectivity index (χ1n) is 7.16. The lowest BCUT2D eigenvalue weighted by Crippen LogP contribution is -2.37. The van der Waals surface area contributed by atoms with E-state index < -0.39 is 0 Å². The van der Waals surface area contributed by atoms with Crippen LogP contribution in [-0.4, -0.2) is 29.7 Å². The fourth-order valence-electron chi connectivity index (χ4n) is 1.93. The molecular weight excluding hydrogens is 285 g/mol. The lowest BCUT2D eigenvalue weighted by atomic mass is 10.2. The molecule has 0 bridgehead atoms. The number of halogens is 1. The second-order valence-electron chi connectivity index (χ2n) is 4.78. The molecule has 0 amide bonds. The zero-order chi connectivity index (χ0) is 15.8. The van der Waals surface area contributed by atoms with Gasteiger partial charge in [-0.2, -0.15) is 4.98 Å². The van der Waals surface area contributed by atoms with Crippen LogP contribution in [0, 0.1) is 12.7 Å². The van der Waals surface area contributed by atoms with Crippen LogP contribution in [0.25, 0.3) is 0 Å². The highest BCUT2D eigenvalue weighted by molar-refractivity contribution is 5.79. The Hall–Kier alpha value is -2.44. The molecule has 0 fully saturated rings. The van der Waals surface area contributed by atoms with Gasteiger partial charge >= 0.3 is 0 Å². The van der Waals surface area contributed by atoms with Crippen LogP contribution in [0.4, 0.5) is 4.39 Å². The number of nitrogens with zero attached hydrogens (tertiary/aromatic N) is 3. The molecule has 2 N–H and O–H groups in total. The number of hydrogen-bond acceptors (Lipinski definition) is 4. The van der Waals surface area contributed by atoms with Crippen LogP contribution in [0.5, 0.6) is 0 Å². The Bertz CT molecular complexity index is 626. The SMILES string of the molecule is CN=C(NCCCc1nc(C)no1)NCc1ccccc1F. The number of nitrogens with one attached hydrogen (secondary N) is 2. The van der Waals surface area contributed by atoms with Crippen molar-refractivity contribution in [2.45, 2.75) is 26.3 Å². The summed E-state index contributed by atoms with van der Waals surface area (Å²) in [5, 5.41) is 9.98.